The Bertz CT molecular complexity index is 830. The zero-order valence-corrected chi connectivity index (χ0v) is 13.2. The Morgan fingerprint density at radius 2 is 1.72 bits per heavy atom. The van der Waals surface area contributed by atoms with Gasteiger partial charge in [0.2, 0.25) is 0 Å². The summed E-state index contributed by atoms with van der Waals surface area (Å²) in [6, 6.07) is 2.22. The lowest BCUT2D eigenvalue weighted by molar-refractivity contribution is -0.384. The van der Waals surface area contributed by atoms with Gasteiger partial charge in [0.15, 0.2) is 5.41 Å². The van der Waals surface area contributed by atoms with Gasteiger partial charge in [0.05, 0.1) is 36.3 Å². The molecule has 1 aliphatic carbocycles. The summed E-state index contributed by atoms with van der Waals surface area (Å²) in [4.78, 5) is 60.1. The van der Waals surface area contributed by atoms with Gasteiger partial charge in [-0.05, 0) is 12.5 Å². The number of nitro groups is 1. The molecule has 0 saturated heterocycles. The van der Waals surface area contributed by atoms with Crippen molar-refractivity contribution in [1.29, 1.82) is 0 Å². The number of carbonyl (C=O) groups excluding carboxylic acids is 4. The number of imide groups is 1. The summed E-state index contributed by atoms with van der Waals surface area (Å²) >= 11 is 0. The van der Waals surface area contributed by atoms with E-state index < -0.39 is 40.1 Å². The van der Waals surface area contributed by atoms with Gasteiger partial charge in [-0.1, -0.05) is 0 Å². The van der Waals surface area contributed by atoms with Crippen molar-refractivity contribution in [2.24, 2.45) is 5.41 Å². The first-order valence-electron chi connectivity index (χ1n) is 7.12. The molecule has 1 fully saturated rings. The second-order valence-electron chi connectivity index (χ2n) is 5.64. The normalized spacial score (nSPS) is 20.1. The minimum absolute atomic E-state index is 0.0221. The summed E-state index contributed by atoms with van der Waals surface area (Å²) in [5, 5.41) is 10.8. The highest BCUT2D eigenvalue weighted by Gasteiger charge is 2.73. The first-order chi connectivity index (χ1) is 11.8. The number of ether oxygens (including phenoxy) is 2. The molecule has 1 aliphatic heterocycles. The van der Waals surface area contributed by atoms with Crippen LogP contribution in [0.2, 0.25) is 0 Å². The van der Waals surface area contributed by atoms with Gasteiger partial charge in [-0.2, -0.15) is 0 Å². The van der Waals surface area contributed by atoms with Gasteiger partial charge < -0.3 is 9.47 Å². The van der Waals surface area contributed by atoms with E-state index in [1.165, 1.54) is 6.07 Å². The molecule has 1 aromatic rings. The second-order valence-corrected chi connectivity index (χ2v) is 5.64. The molecule has 25 heavy (non-hydrogen) atoms. The predicted octanol–water partition coefficient (Wildman–Crippen LogP) is 0.295. The molecule has 3 rings (SSSR count). The first-order valence-corrected chi connectivity index (χ1v) is 7.12. The number of esters is 2. The minimum Gasteiger partial charge on any atom is -0.468 e. The molecule has 2 amide bonds. The van der Waals surface area contributed by atoms with Crippen LogP contribution < -0.4 is 0 Å². The number of hydrogen-bond donors (Lipinski definition) is 0. The van der Waals surface area contributed by atoms with Crippen LogP contribution in [0.1, 0.15) is 27.1 Å². The van der Waals surface area contributed by atoms with Gasteiger partial charge in [0.1, 0.15) is 0 Å². The summed E-state index contributed by atoms with van der Waals surface area (Å²) in [6.45, 7) is 0. The van der Waals surface area contributed by atoms with E-state index in [1.54, 1.807) is 0 Å². The van der Waals surface area contributed by atoms with Crippen molar-refractivity contribution in [3.8, 4) is 0 Å². The lowest BCUT2D eigenvalue weighted by Gasteiger charge is -2.18. The number of nitrogens with zero attached hydrogens (tertiary/aromatic N) is 2. The van der Waals surface area contributed by atoms with E-state index >= 15 is 0 Å². The van der Waals surface area contributed by atoms with Gasteiger partial charge in [0.25, 0.3) is 17.5 Å². The van der Waals surface area contributed by atoms with Crippen molar-refractivity contribution >= 4 is 29.4 Å². The number of non-ortho nitro benzene ring substituents is 1. The summed E-state index contributed by atoms with van der Waals surface area (Å²) in [7, 11) is 2.16. The van der Waals surface area contributed by atoms with Crippen LogP contribution in [0.4, 0.5) is 5.69 Å². The Morgan fingerprint density at radius 3 is 2.24 bits per heavy atom. The SMILES string of the molecule is COC(=O)C1(C(=O)OC)CC1N1C(=O)c2ccc([N+](=O)[O-])cc2C1=O. The molecule has 130 valence electrons. The number of carbonyl (C=O) groups is 4. The van der Waals surface area contributed by atoms with Crippen LogP contribution in [0.15, 0.2) is 18.2 Å². The van der Waals surface area contributed by atoms with Crippen LogP contribution in [-0.2, 0) is 19.1 Å². The average Bonchev–Trinajstić information content (AvgIpc) is 3.30. The maximum atomic E-state index is 12.6. The fourth-order valence-electron chi connectivity index (χ4n) is 3.09. The van der Waals surface area contributed by atoms with Gasteiger partial charge in [-0.15, -0.1) is 0 Å². The second kappa shape index (κ2) is 5.36. The summed E-state index contributed by atoms with van der Waals surface area (Å²) in [6.07, 6.45) is -0.125. The van der Waals surface area contributed by atoms with E-state index in [4.69, 9.17) is 0 Å². The van der Waals surface area contributed by atoms with Crippen LogP contribution in [0, 0.1) is 15.5 Å². The number of methoxy groups -OCH3 is 2. The smallest absolute Gasteiger partial charge is 0.325 e. The molecule has 1 heterocycles. The van der Waals surface area contributed by atoms with Crippen molar-refractivity contribution in [2.45, 2.75) is 12.5 Å². The molecule has 10 heteroatoms. The van der Waals surface area contributed by atoms with Gasteiger partial charge in [-0.25, -0.2) is 0 Å². The van der Waals surface area contributed by atoms with Gasteiger partial charge in [-0.3, -0.25) is 34.2 Å². The van der Waals surface area contributed by atoms with Gasteiger partial charge >= 0.3 is 11.9 Å². The Morgan fingerprint density at radius 1 is 1.16 bits per heavy atom. The molecule has 1 atom stereocenters. The largest absolute Gasteiger partial charge is 0.468 e. The fourth-order valence-corrected chi connectivity index (χ4v) is 3.09. The van der Waals surface area contributed by atoms with Crippen molar-refractivity contribution in [3.05, 3.63) is 39.4 Å². The quantitative estimate of drug-likeness (QED) is 0.249. The number of benzene rings is 1. The maximum Gasteiger partial charge on any atom is 0.325 e. The number of hydrogen-bond acceptors (Lipinski definition) is 8. The van der Waals surface area contributed by atoms with Crippen LogP contribution >= 0.6 is 0 Å². The van der Waals surface area contributed by atoms with Crippen LogP contribution in [0.5, 0.6) is 0 Å². The average molecular weight is 348 g/mol. The Kier molecular flexibility index (Phi) is 3.55. The van der Waals surface area contributed by atoms with Crippen molar-refractivity contribution < 1.29 is 33.6 Å². The van der Waals surface area contributed by atoms with Gasteiger partial charge in [0, 0.05) is 12.1 Å². The molecular formula is C15H12N2O8. The zero-order chi connectivity index (χ0) is 18.5. The molecule has 1 saturated carbocycles. The van der Waals surface area contributed by atoms with E-state index in [-0.39, 0.29) is 23.2 Å². The van der Waals surface area contributed by atoms with E-state index in [0.717, 1.165) is 31.3 Å². The van der Waals surface area contributed by atoms with Crippen molar-refractivity contribution in [1.82, 2.24) is 4.90 Å². The summed E-state index contributed by atoms with van der Waals surface area (Å²) < 4.78 is 9.22. The third-order valence-electron chi connectivity index (χ3n) is 4.45. The molecule has 2 aliphatic rings. The number of fused-ring (bicyclic) bond motifs is 1. The van der Waals surface area contributed by atoms with Crippen molar-refractivity contribution in [2.75, 3.05) is 14.2 Å². The summed E-state index contributed by atoms with van der Waals surface area (Å²) in [5.74, 6) is -3.35. The molecule has 0 spiro atoms. The first kappa shape index (κ1) is 16.6. The number of nitro benzene ring substituents is 1. The minimum atomic E-state index is -1.76. The van der Waals surface area contributed by atoms with Crippen LogP contribution in [0.25, 0.3) is 0 Å². The predicted molar refractivity (Wildman–Crippen MR) is 78.5 cm³/mol. The van der Waals surface area contributed by atoms with Crippen molar-refractivity contribution in [3.63, 3.8) is 0 Å². The third kappa shape index (κ3) is 2.10. The molecule has 0 N–H and O–H groups in total. The zero-order valence-electron chi connectivity index (χ0n) is 13.2. The molecule has 1 aromatic carbocycles. The Hall–Kier alpha value is -3.30. The monoisotopic (exact) mass is 348 g/mol. The molecule has 10 nitrogen and oxygen atoms in total. The maximum absolute atomic E-state index is 12.6. The highest BCUT2D eigenvalue weighted by Crippen LogP contribution is 2.53. The van der Waals surface area contributed by atoms with Crippen LogP contribution in [-0.4, -0.2) is 53.8 Å². The van der Waals surface area contributed by atoms with E-state index in [9.17, 15) is 29.3 Å². The van der Waals surface area contributed by atoms with Crippen LogP contribution in [0.3, 0.4) is 0 Å². The molecular weight excluding hydrogens is 336 g/mol. The summed E-state index contributed by atoms with van der Waals surface area (Å²) in [5.41, 5.74) is -2.27. The molecule has 0 bridgehead atoms. The van der Waals surface area contributed by atoms with E-state index in [1.807, 2.05) is 0 Å². The highest BCUT2D eigenvalue weighted by molar-refractivity contribution is 6.23. The lowest BCUT2D eigenvalue weighted by atomic mass is 10.1. The number of amides is 2. The lowest BCUT2D eigenvalue weighted by Crippen LogP contribution is -2.41. The molecule has 1 unspecified atom stereocenters. The Labute approximate surface area is 140 Å². The third-order valence-corrected chi connectivity index (χ3v) is 4.45. The highest BCUT2D eigenvalue weighted by atomic mass is 16.6. The molecule has 0 radical (unpaired) electrons. The van der Waals surface area contributed by atoms with E-state index in [0.29, 0.717) is 0 Å². The van der Waals surface area contributed by atoms with E-state index in [2.05, 4.69) is 9.47 Å². The number of rotatable bonds is 4. The Balaban J connectivity index is 1.99. The standard InChI is InChI=1S/C15H12N2O8/c1-24-13(20)15(14(21)25-2)6-10(15)16-11(18)8-4-3-7(17(22)23)5-9(8)12(16)19/h3-5,10H,6H2,1-2H3. The fraction of sp³-hybridized carbons (Fsp3) is 0.333. The molecule has 0 aromatic heterocycles. The topological polar surface area (TPSA) is 133 Å².